The van der Waals surface area contributed by atoms with Crippen molar-refractivity contribution >= 4 is 23.2 Å². The van der Waals surface area contributed by atoms with Crippen molar-refractivity contribution in [1.82, 2.24) is 0 Å². The molecule has 4 heteroatoms. The summed E-state index contributed by atoms with van der Waals surface area (Å²) in [5, 5.41) is 3.36. The maximum atomic E-state index is 12.4. The van der Waals surface area contributed by atoms with Crippen LogP contribution in [-0.4, -0.2) is 13.0 Å². The highest BCUT2D eigenvalue weighted by molar-refractivity contribution is 6.34. The number of carbonyl (C=O) groups is 1. The smallest absolute Gasteiger partial charge is 0.257 e. The second-order valence-electron chi connectivity index (χ2n) is 5.46. The number of hydrogen-bond acceptors (Lipinski definition) is 2. The number of nitrogens with one attached hydrogen (secondary N) is 1. The molecule has 2 aromatic carbocycles. The summed E-state index contributed by atoms with van der Waals surface area (Å²) < 4.78 is 5.43. The van der Waals surface area contributed by atoms with Crippen molar-refractivity contribution < 1.29 is 9.53 Å². The highest BCUT2D eigenvalue weighted by Gasteiger charge is 2.17. The Hall–Kier alpha value is -2.00. The number of ether oxygens (including phenoxy) is 1. The lowest BCUT2D eigenvalue weighted by Crippen LogP contribution is -2.14. The summed E-state index contributed by atoms with van der Waals surface area (Å²) in [5.74, 6) is 0.473. The number of hydrogen-bond donors (Lipinski definition) is 1. The molecule has 0 fully saturated rings. The normalized spacial score (nSPS) is 13.4. The van der Waals surface area contributed by atoms with Gasteiger partial charge in [-0.25, -0.2) is 0 Å². The Morgan fingerprint density at radius 2 is 1.82 bits per heavy atom. The van der Waals surface area contributed by atoms with E-state index in [-0.39, 0.29) is 5.91 Å². The number of carbonyl (C=O) groups excluding carboxylic acids is 1. The molecule has 3 nitrogen and oxygen atoms in total. The van der Waals surface area contributed by atoms with Crippen LogP contribution in [0.4, 0.5) is 5.69 Å². The van der Waals surface area contributed by atoms with Gasteiger partial charge in [-0.05, 0) is 61.1 Å². The molecule has 114 valence electrons. The first-order valence-electron chi connectivity index (χ1n) is 7.44. The fourth-order valence-electron chi connectivity index (χ4n) is 2.86. The first-order valence-corrected chi connectivity index (χ1v) is 7.82. The fraction of sp³-hybridized carbons (Fsp3) is 0.278. The summed E-state index contributed by atoms with van der Waals surface area (Å²) in [6, 6.07) is 11.1. The van der Waals surface area contributed by atoms with Gasteiger partial charge in [0.05, 0.1) is 23.4 Å². The lowest BCUT2D eigenvalue weighted by molar-refractivity contribution is 0.102. The Labute approximate surface area is 135 Å². The predicted molar refractivity (Wildman–Crippen MR) is 89.0 cm³/mol. The van der Waals surface area contributed by atoms with Crippen molar-refractivity contribution in [2.45, 2.75) is 25.7 Å². The van der Waals surface area contributed by atoms with E-state index < -0.39 is 0 Å². The van der Waals surface area contributed by atoms with Gasteiger partial charge in [0.2, 0.25) is 0 Å². The lowest BCUT2D eigenvalue weighted by atomic mass is 9.91. The maximum absolute atomic E-state index is 12.4. The first kappa shape index (κ1) is 14.9. The molecule has 2 aromatic rings. The van der Waals surface area contributed by atoms with Crippen LogP contribution in [0.15, 0.2) is 36.4 Å². The van der Waals surface area contributed by atoms with Crippen LogP contribution in [-0.2, 0) is 12.8 Å². The Morgan fingerprint density at radius 1 is 1.14 bits per heavy atom. The lowest BCUT2D eigenvalue weighted by Gasteiger charge is -2.19. The van der Waals surface area contributed by atoms with Gasteiger partial charge in [0.25, 0.3) is 5.91 Å². The van der Waals surface area contributed by atoms with Crippen LogP contribution in [0.5, 0.6) is 5.75 Å². The molecule has 0 unspecified atom stereocenters. The quantitative estimate of drug-likeness (QED) is 0.907. The zero-order valence-corrected chi connectivity index (χ0v) is 13.2. The topological polar surface area (TPSA) is 38.3 Å². The average molecular weight is 316 g/mol. The van der Waals surface area contributed by atoms with Crippen LogP contribution in [0.3, 0.4) is 0 Å². The molecule has 0 saturated carbocycles. The molecule has 1 aliphatic rings. The van der Waals surface area contributed by atoms with E-state index in [0.29, 0.717) is 22.0 Å². The molecule has 22 heavy (non-hydrogen) atoms. The molecule has 0 aliphatic heterocycles. The number of anilines is 1. The summed E-state index contributed by atoms with van der Waals surface area (Å²) in [4.78, 5) is 12.4. The van der Waals surface area contributed by atoms with Crippen molar-refractivity contribution in [3.63, 3.8) is 0 Å². The van der Waals surface area contributed by atoms with E-state index in [0.717, 1.165) is 12.8 Å². The van der Waals surface area contributed by atoms with Crippen LogP contribution in [0.2, 0.25) is 5.02 Å². The van der Waals surface area contributed by atoms with Crippen LogP contribution >= 0.6 is 11.6 Å². The van der Waals surface area contributed by atoms with Gasteiger partial charge in [-0.3, -0.25) is 4.79 Å². The van der Waals surface area contributed by atoms with Gasteiger partial charge in [0, 0.05) is 0 Å². The third-order valence-corrected chi connectivity index (χ3v) is 4.36. The van der Waals surface area contributed by atoms with Gasteiger partial charge >= 0.3 is 0 Å². The second-order valence-corrected chi connectivity index (χ2v) is 5.87. The third kappa shape index (κ3) is 2.95. The van der Waals surface area contributed by atoms with E-state index in [9.17, 15) is 4.79 Å². The largest absolute Gasteiger partial charge is 0.495 e. The number of benzene rings is 2. The van der Waals surface area contributed by atoms with E-state index in [4.69, 9.17) is 16.3 Å². The van der Waals surface area contributed by atoms with Crippen molar-refractivity contribution in [3.05, 3.63) is 58.1 Å². The summed E-state index contributed by atoms with van der Waals surface area (Å²) >= 11 is 6.08. The Bertz CT molecular complexity index is 712. The summed E-state index contributed by atoms with van der Waals surface area (Å²) in [6.07, 6.45) is 4.53. The zero-order chi connectivity index (χ0) is 15.5. The van der Waals surface area contributed by atoms with Gasteiger partial charge in [-0.1, -0.05) is 23.7 Å². The Balaban J connectivity index is 1.91. The monoisotopic (exact) mass is 315 g/mol. The van der Waals surface area contributed by atoms with Crippen molar-refractivity contribution in [2.24, 2.45) is 0 Å². The van der Waals surface area contributed by atoms with E-state index in [1.54, 1.807) is 31.4 Å². The maximum Gasteiger partial charge on any atom is 0.257 e. The molecule has 0 heterocycles. The standard InChI is InChI=1S/C18H18ClNO2/c1-22-17-11-13-7-3-2-6-12(13)10-16(17)20-18(21)14-8-4-5-9-15(14)19/h4-5,8-11H,2-3,6-7H2,1H3,(H,20,21). The van der Waals surface area contributed by atoms with E-state index >= 15 is 0 Å². The van der Waals surface area contributed by atoms with Gasteiger partial charge in [-0.15, -0.1) is 0 Å². The van der Waals surface area contributed by atoms with Crippen LogP contribution in [0, 0.1) is 0 Å². The van der Waals surface area contributed by atoms with E-state index in [1.807, 2.05) is 12.1 Å². The SMILES string of the molecule is COc1cc2c(cc1NC(=O)c1ccccc1Cl)CCCC2. The van der Waals surface area contributed by atoms with Gasteiger partial charge < -0.3 is 10.1 Å². The molecule has 0 saturated heterocycles. The molecule has 0 spiro atoms. The van der Waals surface area contributed by atoms with E-state index in [2.05, 4.69) is 5.32 Å². The second kappa shape index (κ2) is 6.41. The van der Waals surface area contributed by atoms with Gasteiger partial charge in [0.1, 0.15) is 5.75 Å². The molecular formula is C18H18ClNO2. The highest BCUT2D eigenvalue weighted by Crippen LogP contribution is 2.33. The zero-order valence-electron chi connectivity index (χ0n) is 12.5. The third-order valence-electron chi connectivity index (χ3n) is 4.03. The van der Waals surface area contributed by atoms with Crippen molar-refractivity contribution in [3.8, 4) is 5.75 Å². The van der Waals surface area contributed by atoms with E-state index in [1.165, 1.54) is 24.0 Å². The number of methoxy groups -OCH3 is 1. The van der Waals surface area contributed by atoms with Crippen LogP contribution in [0.1, 0.15) is 34.3 Å². The average Bonchev–Trinajstić information content (AvgIpc) is 2.54. The predicted octanol–water partition coefficient (Wildman–Crippen LogP) is 4.48. The minimum absolute atomic E-state index is 0.223. The Kier molecular flexibility index (Phi) is 4.34. The molecular weight excluding hydrogens is 298 g/mol. The van der Waals surface area contributed by atoms with Crippen LogP contribution < -0.4 is 10.1 Å². The molecule has 0 atom stereocenters. The molecule has 0 bridgehead atoms. The minimum Gasteiger partial charge on any atom is -0.495 e. The number of amides is 1. The van der Waals surface area contributed by atoms with Crippen LogP contribution in [0.25, 0.3) is 0 Å². The number of fused-ring (bicyclic) bond motifs is 1. The molecule has 0 aromatic heterocycles. The minimum atomic E-state index is -0.223. The highest BCUT2D eigenvalue weighted by atomic mass is 35.5. The fourth-order valence-corrected chi connectivity index (χ4v) is 3.09. The van der Waals surface area contributed by atoms with Crippen molar-refractivity contribution in [2.75, 3.05) is 12.4 Å². The number of halogens is 1. The molecule has 1 aliphatic carbocycles. The number of aryl methyl sites for hydroxylation is 2. The Morgan fingerprint density at radius 3 is 2.50 bits per heavy atom. The molecule has 1 N–H and O–H groups in total. The summed E-state index contributed by atoms with van der Waals surface area (Å²) in [5.41, 5.74) is 3.78. The van der Waals surface area contributed by atoms with Gasteiger partial charge in [-0.2, -0.15) is 0 Å². The van der Waals surface area contributed by atoms with Crippen molar-refractivity contribution in [1.29, 1.82) is 0 Å². The first-order chi connectivity index (χ1) is 10.7. The molecule has 1 amide bonds. The molecule has 0 radical (unpaired) electrons. The summed E-state index contributed by atoms with van der Waals surface area (Å²) in [6.45, 7) is 0. The summed E-state index contributed by atoms with van der Waals surface area (Å²) in [7, 11) is 1.62. The molecule has 3 rings (SSSR count). The van der Waals surface area contributed by atoms with Gasteiger partial charge in [0.15, 0.2) is 0 Å². The number of rotatable bonds is 3.